The molecule has 76 valence electrons. The lowest BCUT2D eigenvalue weighted by Crippen LogP contribution is -2.46. The van der Waals surface area contributed by atoms with Gasteiger partial charge >= 0.3 is 0 Å². The maximum Gasteiger partial charge on any atom is 0.130 e. The second kappa shape index (κ2) is 2.72. The van der Waals surface area contributed by atoms with E-state index in [1.807, 2.05) is 51.1 Å². The molecule has 1 aromatic carbocycles. The van der Waals surface area contributed by atoms with E-state index in [-0.39, 0.29) is 0 Å². The van der Waals surface area contributed by atoms with Crippen LogP contribution in [0.25, 0.3) is 0 Å². The van der Waals surface area contributed by atoms with Gasteiger partial charge in [0, 0.05) is 0 Å². The van der Waals surface area contributed by atoms with Gasteiger partial charge in [-0.25, -0.2) is 5.06 Å². The van der Waals surface area contributed by atoms with Gasteiger partial charge in [-0.2, -0.15) is 0 Å². The molecule has 3 nitrogen and oxygen atoms in total. The first kappa shape index (κ1) is 9.49. The molecule has 0 N–H and O–H groups in total. The third kappa shape index (κ3) is 1.29. The standard InChI is InChI=1S/C11H14NO2/c1-10(2,3)11(13)12(14-11)9-7-5-4-6-8-9/h4-8H,1-3H3/q-1. The van der Waals surface area contributed by atoms with Crippen LogP contribution in [-0.4, -0.2) is 5.91 Å². The summed E-state index contributed by atoms with van der Waals surface area (Å²) in [4.78, 5) is 5.13. The van der Waals surface area contributed by atoms with Crippen molar-refractivity contribution in [3.63, 3.8) is 0 Å². The van der Waals surface area contributed by atoms with Gasteiger partial charge in [-0.3, -0.25) is 4.84 Å². The molecule has 14 heavy (non-hydrogen) atoms. The minimum Gasteiger partial charge on any atom is -0.808 e. The largest absolute Gasteiger partial charge is 0.808 e. The highest BCUT2D eigenvalue weighted by Gasteiger charge is 2.53. The highest BCUT2D eigenvalue weighted by molar-refractivity contribution is 5.48. The first-order valence-electron chi connectivity index (χ1n) is 4.70. The molecule has 2 rings (SSSR count). The van der Waals surface area contributed by atoms with Crippen molar-refractivity contribution in [1.29, 1.82) is 0 Å². The Kier molecular flexibility index (Phi) is 1.84. The van der Waals surface area contributed by atoms with Gasteiger partial charge in [0.05, 0.1) is 5.69 Å². The van der Waals surface area contributed by atoms with E-state index in [0.29, 0.717) is 0 Å². The summed E-state index contributed by atoms with van der Waals surface area (Å²) in [5.41, 5.74) is 0.389. The van der Waals surface area contributed by atoms with Crippen LogP contribution in [0, 0.1) is 5.41 Å². The summed E-state index contributed by atoms with van der Waals surface area (Å²) in [5, 5.41) is 13.5. The molecule has 0 aliphatic carbocycles. The molecular weight excluding hydrogens is 178 g/mol. The Hall–Kier alpha value is -1.06. The van der Waals surface area contributed by atoms with Crippen molar-refractivity contribution in [2.75, 3.05) is 5.06 Å². The van der Waals surface area contributed by atoms with Crippen LogP contribution in [-0.2, 0) is 4.84 Å². The number of hydrogen-bond acceptors (Lipinski definition) is 3. The van der Waals surface area contributed by atoms with Gasteiger partial charge in [0.15, 0.2) is 0 Å². The molecule has 1 heterocycles. The molecule has 1 aliphatic heterocycles. The molecule has 1 fully saturated rings. The van der Waals surface area contributed by atoms with Gasteiger partial charge in [0.2, 0.25) is 0 Å². The average molecular weight is 192 g/mol. The number of benzene rings is 1. The van der Waals surface area contributed by atoms with Crippen LogP contribution < -0.4 is 10.2 Å². The number of hydroxylamine groups is 1. The van der Waals surface area contributed by atoms with E-state index >= 15 is 0 Å². The van der Waals surface area contributed by atoms with Gasteiger partial charge in [-0.15, -0.1) is 0 Å². The predicted octanol–water partition coefficient (Wildman–Crippen LogP) is 1.50. The molecule has 1 aromatic rings. The van der Waals surface area contributed by atoms with E-state index in [0.717, 1.165) is 5.69 Å². The zero-order valence-corrected chi connectivity index (χ0v) is 8.65. The Morgan fingerprint density at radius 2 is 1.79 bits per heavy atom. The number of nitrogens with zero attached hydrogens (tertiary/aromatic N) is 1. The first-order chi connectivity index (χ1) is 6.45. The predicted molar refractivity (Wildman–Crippen MR) is 52.2 cm³/mol. The summed E-state index contributed by atoms with van der Waals surface area (Å²) >= 11 is 0. The van der Waals surface area contributed by atoms with Gasteiger partial charge in [0.25, 0.3) is 0 Å². The van der Waals surface area contributed by atoms with Gasteiger partial charge in [-0.05, 0) is 17.5 Å². The SMILES string of the molecule is CC(C)(C)C1([O-])ON1c1ccccc1. The van der Waals surface area contributed by atoms with E-state index in [9.17, 15) is 5.11 Å². The lowest BCUT2D eigenvalue weighted by Gasteiger charge is -2.31. The zero-order valence-electron chi connectivity index (χ0n) is 8.65. The van der Waals surface area contributed by atoms with Gasteiger partial charge in [-0.1, -0.05) is 39.0 Å². The van der Waals surface area contributed by atoms with Crippen molar-refractivity contribution in [1.82, 2.24) is 0 Å². The molecule has 1 atom stereocenters. The summed E-state index contributed by atoms with van der Waals surface area (Å²) in [5.74, 6) is -1.41. The van der Waals surface area contributed by atoms with Crippen LogP contribution in [0.3, 0.4) is 0 Å². The molecule has 0 radical (unpaired) electrons. The molecule has 3 heteroatoms. The fourth-order valence-electron chi connectivity index (χ4n) is 1.33. The van der Waals surface area contributed by atoms with Crippen LogP contribution in [0.4, 0.5) is 5.69 Å². The quantitative estimate of drug-likeness (QED) is 0.633. The molecule has 0 spiro atoms. The fraction of sp³-hybridized carbons (Fsp3) is 0.455. The number of para-hydroxylation sites is 1. The average Bonchev–Trinajstić information content (AvgIpc) is 2.80. The highest BCUT2D eigenvalue weighted by atomic mass is 16.9. The maximum absolute atomic E-state index is 12.1. The smallest absolute Gasteiger partial charge is 0.130 e. The van der Waals surface area contributed by atoms with Crippen molar-refractivity contribution in [3.05, 3.63) is 30.3 Å². The Bertz CT molecular complexity index is 331. The number of anilines is 1. The Labute approximate surface area is 83.9 Å². The lowest BCUT2D eigenvalue weighted by molar-refractivity contribution is -0.495. The highest BCUT2D eigenvalue weighted by Crippen LogP contribution is 2.46. The maximum atomic E-state index is 12.1. The third-order valence-electron chi connectivity index (χ3n) is 2.39. The molecule has 0 aromatic heterocycles. The van der Waals surface area contributed by atoms with Crippen LogP contribution >= 0.6 is 0 Å². The number of hydrogen-bond donors (Lipinski definition) is 0. The molecule has 0 saturated carbocycles. The van der Waals surface area contributed by atoms with Crippen LogP contribution in [0.2, 0.25) is 0 Å². The summed E-state index contributed by atoms with van der Waals surface area (Å²) in [6, 6.07) is 9.42. The molecule has 0 amide bonds. The lowest BCUT2D eigenvalue weighted by atomic mass is 9.92. The normalized spacial score (nSPS) is 26.4. The molecule has 0 bridgehead atoms. The Morgan fingerprint density at radius 3 is 2.21 bits per heavy atom. The Morgan fingerprint density at radius 1 is 1.21 bits per heavy atom. The van der Waals surface area contributed by atoms with Crippen molar-refractivity contribution in [3.8, 4) is 0 Å². The van der Waals surface area contributed by atoms with Crippen molar-refractivity contribution < 1.29 is 9.94 Å². The van der Waals surface area contributed by atoms with Crippen molar-refractivity contribution in [2.45, 2.75) is 26.7 Å². The second-order valence-electron chi connectivity index (χ2n) is 4.55. The van der Waals surface area contributed by atoms with Crippen LogP contribution in [0.1, 0.15) is 20.8 Å². The second-order valence-corrected chi connectivity index (χ2v) is 4.55. The first-order valence-corrected chi connectivity index (χ1v) is 4.70. The van der Waals surface area contributed by atoms with Gasteiger partial charge in [0.1, 0.15) is 5.91 Å². The summed E-state index contributed by atoms with van der Waals surface area (Å²) in [7, 11) is 0. The number of rotatable bonds is 1. The van der Waals surface area contributed by atoms with E-state index < -0.39 is 11.3 Å². The summed E-state index contributed by atoms with van der Waals surface area (Å²) < 4.78 is 0. The summed E-state index contributed by atoms with van der Waals surface area (Å²) in [6.07, 6.45) is 0. The van der Waals surface area contributed by atoms with Crippen molar-refractivity contribution >= 4 is 5.69 Å². The van der Waals surface area contributed by atoms with E-state index in [4.69, 9.17) is 4.84 Å². The topological polar surface area (TPSA) is 38.6 Å². The fourth-order valence-corrected chi connectivity index (χ4v) is 1.33. The van der Waals surface area contributed by atoms with Crippen LogP contribution in [0.15, 0.2) is 30.3 Å². The van der Waals surface area contributed by atoms with E-state index in [1.165, 1.54) is 5.06 Å². The van der Waals surface area contributed by atoms with E-state index in [2.05, 4.69) is 0 Å². The summed E-state index contributed by atoms with van der Waals surface area (Å²) in [6.45, 7) is 5.63. The van der Waals surface area contributed by atoms with Crippen LogP contribution in [0.5, 0.6) is 0 Å². The minimum absolute atomic E-state index is 0.428. The van der Waals surface area contributed by atoms with E-state index in [1.54, 1.807) is 0 Å². The molecular formula is C11H14NO2-. The zero-order chi connectivity index (χ0) is 10.4. The monoisotopic (exact) mass is 192 g/mol. The van der Waals surface area contributed by atoms with Crippen molar-refractivity contribution in [2.24, 2.45) is 5.41 Å². The third-order valence-corrected chi connectivity index (χ3v) is 2.39. The molecule has 1 unspecified atom stereocenters. The van der Waals surface area contributed by atoms with Gasteiger partial charge < -0.3 is 5.11 Å². The Balaban J connectivity index is 2.21. The molecule has 1 aliphatic rings. The minimum atomic E-state index is -1.41. The molecule has 1 saturated heterocycles.